The van der Waals surface area contributed by atoms with Crippen LogP contribution in [0.5, 0.6) is 0 Å². The zero-order valence-electron chi connectivity index (χ0n) is 10.8. The molecule has 0 aromatic heterocycles. The Morgan fingerprint density at radius 1 is 1.33 bits per heavy atom. The molecule has 0 radical (unpaired) electrons. The summed E-state index contributed by atoms with van der Waals surface area (Å²) in [6.07, 6.45) is 1.04. The molecule has 4 unspecified atom stereocenters. The molecule has 1 aromatic carbocycles. The second kappa shape index (κ2) is 6.21. The van der Waals surface area contributed by atoms with Gasteiger partial charge in [0, 0.05) is 23.9 Å². The maximum absolute atomic E-state index is 11.8. The van der Waals surface area contributed by atoms with E-state index in [4.69, 9.17) is 5.73 Å². The molecular formula is C14H21ClN2O. The van der Waals surface area contributed by atoms with Crippen LogP contribution >= 0.6 is 12.4 Å². The van der Waals surface area contributed by atoms with Crippen molar-refractivity contribution in [2.24, 2.45) is 11.7 Å². The number of benzene rings is 1. The van der Waals surface area contributed by atoms with E-state index < -0.39 is 0 Å². The fourth-order valence-electron chi connectivity index (χ4n) is 1.98. The van der Waals surface area contributed by atoms with Crippen LogP contribution in [-0.4, -0.2) is 18.0 Å². The standard InChI is InChI=1S/C14H20N2O.ClH/c1-9(10(2)15)14(17)16-13-8-12(13)11-6-4-3-5-7-11;/h3-7,9-10,12-13H,8,15H2,1-2H3,(H,16,17);1H. The van der Waals surface area contributed by atoms with Crippen LogP contribution in [0.1, 0.15) is 31.7 Å². The minimum Gasteiger partial charge on any atom is -0.352 e. The van der Waals surface area contributed by atoms with Gasteiger partial charge in [-0.25, -0.2) is 0 Å². The van der Waals surface area contributed by atoms with Gasteiger partial charge in [-0.05, 0) is 18.9 Å². The van der Waals surface area contributed by atoms with Gasteiger partial charge in [0.15, 0.2) is 0 Å². The van der Waals surface area contributed by atoms with E-state index in [9.17, 15) is 4.79 Å². The summed E-state index contributed by atoms with van der Waals surface area (Å²) in [5.74, 6) is 0.441. The molecule has 0 spiro atoms. The average Bonchev–Trinajstić information content (AvgIpc) is 3.08. The Morgan fingerprint density at radius 3 is 2.50 bits per heavy atom. The van der Waals surface area contributed by atoms with Gasteiger partial charge in [0.2, 0.25) is 5.91 Å². The Balaban J connectivity index is 0.00000162. The maximum Gasteiger partial charge on any atom is 0.224 e. The third-order valence-corrected chi connectivity index (χ3v) is 3.55. The fourth-order valence-corrected chi connectivity index (χ4v) is 1.98. The smallest absolute Gasteiger partial charge is 0.224 e. The Hall–Kier alpha value is -1.06. The van der Waals surface area contributed by atoms with Crippen LogP contribution in [0, 0.1) is 5.92 Å². The third-order valence-electron chi connectivity index (χ3n) is 3.55. The first-order valence-corrected chi connectivity index (χ1v) is 6.20. The molecule has 1 saturated carbocycles. The van der Waals surface area contributed by atoms with E-state index in [1.54, 1.807) is 0 Å². The molecule has 100 valence electrons. The van der Waals surface area contributed by atoms with Crippen LogP contribution in [0.4, 0.5) is 0 Å². The lowest BCUT2D eigenvalue weighted by molar-refractivity contribution is -0.125. The number of halogens is 1. The summed E-state index contributed by atoms with van der Waals surface area (Å²) in [6, 6.07) is 10.5. The number of hydrogen-bond acceptors (Lipinski definition) is 2. The zero-order valence-corrected chi connectivity index (χ0v) is 11.6. The molecular weight excluding hydrogens is 248 g/mol. The van der Waals surface area contributed by atoms with Crippen molar-refractivity contribution in [2.45, 2.75) is 38.3 Å². The highest BCUT2D eigenvalue weighted by molar-refractivity contribution is 5.85. The monoisotopic (exact) mass is 268 g/mol. The van der Waals surface area contributed by atoms with Gasteiger partial charge < -0.3 is 11.1 Å². The highest BCUT2D eigenvalue weighted by Gasteiger charge is 2.40. The number of carbonyl (C=O) groups excluding carboxylic acids is 1. The molecule has 1 amide bonds. The molecule has 3 nitrogen and oxygen atoms in total. The van der Waals surface area contributed by atoms with Crippen LogP contribution < -0.4 is 11.1 Å². The quantitative estimate of drug-likeness (QED) is 0.878. The van der Waals surface area contributed by atoms with Gasteiger partial charge in [-0.3, -0.25) is 4.79 Å². The lowest BCUT2D eigenvalue weighted by Gasteiger charge is -2.15. The van der Waals surface area contributed by atoms with Crippen molar-refractivity contribution in [3.63, 3.8) is 0 Å². The van der Waals surface area contributed by atoms with Gasteiger partial charge in [-0.2, -0.15) is 0 Å². The minimum absolute atomic E-state index is 0. The number of amides is 1. The molecule has 0 bridgehead atoms. The molecule has 0 heterocycles. The average molecular weight is 269 g/mol. The summed E-state index contributed by atoms with van der Waals surface area (Å²) in [5, 5.41) is 3.06. The number of nitrogens with two attached hydrogens (primary N) is 1. The molecule has 4 atom stereocenters. The number of hydrogen-bond donors (Lipinski definition) is 2. The van der Waals surface area contributed by atoms with Crippen molar-refractivity contribution in [1.29, 1.82) is 0 Å². The molecule has 0 saturated heterocycles. The van der Waals surface area contributed by atoms with Gasteiger partial charge in [0.25, 0.3) is 0 Å². The number of carbonyl (C=O) groups is 1. The van der Waals surface area contributed by atoms with Crippen LogP contribution in [0.3, 0.4) is 0 Å². The lowest BCUT2D eigenvalue weighted by Crippen LogP contribution is -2.39. The molecule has 3 N–H and O–H groups in total. The van der Waals surface area contributed by atoms with Gasteiger partial charge >= 0.3 is 0 Å². The summed E-state index contributed by atoms with van der Waals surface area (Å²) in [4.78, 5) is 11.8. The van der Waals surface area contributed by atoms with E-state index in [-0.39, 0.29) is 30.3 Å². The predicted molar refractivity (Wildman–Crippen MR) is 75.8 cm³/mol. The van der Waals surface area contributed by atoms with Crippen molar-refractivity contribution in [2.75, 3.05) is 0 Å². The summed E-state index contributed by atoms with van der Waals surface area (Å²) in [5.41, 5.74) is 7.03. The van der Waals surface area contributed by atoms with Crippen molar-refractivity contribution >= 4 is 18.3 Å². The Labute approximate surface area is 115 Å². The largest absolute Gasteiger partial charge is 0.352 e. The second-order valence-corrected chi connectivity index (χ2v) is 5.02. The van der Waals surface area contributed by atoms with Crippen LogP contribution in [0.2, 0.25) is 0 Å². The number of nitrogens with one attached hydrogen (secondary N) is 1. The second-order valence-electron chi connectivity index (χ2n) is 5.02. The van der Waals surface area contributed by atoms with Crippen molar-refractivity contribution in [3.05, 3.63) is 35.9 Å². The fraction of sp³-hybridized carbons (Fsp3) is 0.500. The number of rotatable bonds is 4. The maximum atomic E-state index is 11.8. The van der Waals surface area contributed by atoms with Gasteiger partial charge in [0.05, 0.1) is 0 Å². The van der Waals surface area contributed by atoms with E-state index in [0.29, 0.717) is 12.0 Å². The van der Waals surface area contributed by atoms with E-state index in [0.717, 1.165) is 6.42 Å². The van der Waals surface area contributed by atoms with Crippen molar-refractivity contribution in [1.82, 2.24) is 5.32 Å². The topological polar surface area (TPSA) is 55.1 Å². The first-order valence-electron chi connectivity index (χ1n) is 6.20. The molecule has 0 aliphatic heterocycles. The van der Waals surface area contributed by atoms with Crippen molar-refractivity contribution < 1.29 is 4.79 Å². The lowest BCUT2D eigenvalue weighted by atomic mass is 10.0. The Morgan fingerprint density at radius 2 is 1.94 bits per heavy atom. The first kappa shape index (κ1) is 15.0. The van der Waals surface area contributed by atoms with E-state index in [1.165, 1.54) is 5.56 Å². The van der Waals surface area contributed by atoms with Crippen LogP contribution in [-0.2, 0) is 4.79 Å². The zero-order chi connectivity index (χ0) is 12.4. The van der Waals surface area contributed by atoms with E-state index in [1.807, 2.05) is 32.0 Å². The Bertz CT molecular complexity index is 394. The van der Waals surface area contributed by atoms with Gasteiger partial charge in [-0.1, -0.05) is 37.3 Å². The molecule has 1 aliphatic rings. The van der Waals surface area contributed by atoms with Crippen LogP contribution in [0.15, 0.2) is 30.3 Å². The third kappa shape index (κ3) is 3.47. The summed E-state index contributed by atoms with van der Waals surface area (Å²) in [6.45, 7) is 3.74. The summed E-state index contributed by atoms with van der Waals surface area (Å²) >= 11 is 0. The van der Waals surface area contributed by atoms with Gasteiger partial charge in [0.1, 0.15) is 0 Å². The highest BCUT2D eigenvalue weighted by atomic mass is 35.5. The first-order chi connectivity index (χ1) is 8.09. The highest BCUT2D eigenvalue weighted by Crippen LogP contribution is 2.40. The van der Waals surface area contributed by atoms with E-state index >= 15 is 0 Å². The van der Waals surface area contributed by atoms with Crippen molar-refractivity contribution in [3.8, 4) is 0 Å². The Kier molecular flexibility index (Phi) is 5.17. The SMILES string of the molecule is CC(N)C(C)C(=O)NC1CC1c1ccccc1.Cl. The van der Waals surface area contributed by atoms with Gasteiger partial charge in [-0.15, -0.1) is 12.4 Å². The molecule has 1 aromatic rings. The van der Waals surface area contributed by atoms with E-state index in [2.05, 4.69) is 17.4 Å². The molecule has 1 fully saturated rings. The normalized spacial score (nSPS) is 24.6. The molecule has 1 aliphatic carbocycles. The van der Waals surface area contributed by atoms with Crippen LogP contribution in [0.25, 0.3) is 0 Å². The predicted octanol–water partition coefficient (Wildman–Crippen LogP) is 2.06. The summed E-state index contributed by atoms with van der Waals surface area (Å²) < 4.78 is 0. The molecule has 2 rings (SSSR count). The molecule has 18 heavy (non-hydrogen) atoms. The molecule has 4 heteroatoms. The summed E-state index contributed by atoms with van der Waals surface area (Å²) in [7, 11) is 0. The minimum atomic E-state index is -0.118.